The Balaban J connectivity index is 1.34. The van der Waals surface area contributed by atoms with Crippen molar-refractivity contribution in [1.29, 1.82) is 0 Å². The lowest BCUT2D eigenvalue weighted by atomic mass is 9.69. The van der Waals surface area contributed by atoms with Crippen LogP contribution in [0.1, 0.15) is 30.4 Å². The van der Waals surface area contributed by atoms with Gasteiger partial charge in [-0.15, -0.1) is 0 Å². The maximum atomic E-state index is 13.6. The number of fused-ring (bicyclic) bond motifs is 2. The molecule has 2 heterocycles. The van der Waals surface area contributed by atoms with E-state index in [1.54, 1.807) is 19.2 Å². The molecular weight excluding hydrogens is 550 g/mol. The second-order valence-corrected chi connectivity index (χ2v) is 12.5. The van der Waals surface area contributed by atoms with Crippen molar-refractivity contribution in [2.75, 3.05) is 33.4 Å². The molecule has 0 spiro atoms. The summed E-state index contributed by atoms with van der Waals surface area (Å²) in [5.41, 5.74) is 1.55. The second kappa shape index (κ2) is 12.3. The van der Waals surface area contributed by atoms with Gasteiger partial charge in [0.2, 0.25) is 15.9 Å². The van der Waals surface area contributed by atoms with Crippen molar-refractivity contribution in [3.8, 4) is 11.5 Å². The molecule has 0 aliphatic carbocycles. The quantitative estimate of drug-likeness (QED) is 0.309. The number of hydrogen-bond donors (Lipinski definition) is 3. The lowest BCUT2D eigenvalue weighted by molar-refractivity contribution is -0.125. The molecule has 0 bridgehead atoms. The Bertz CT molecular complexity index is 1420. The first kappa shape index (κ1) is 28.6. The molecule has 2 aliphatic heterocycles. The molecule has 1 saturated heterocycles. The number of hydrogen-bond acceptors (Lipinski definition) is 6. The Labute approximate surface area is 240 Å². The highest BCUT2D eigenvalue weighted by atomic mass is 35.5. The standard InChI is InChI=1S/C30H34ClN3O5S/c1-38-15-7-14-30(25-10-2-4-12-27(25)39-28-13-5-3-11-26(28)30)20-33-29(35)21-16-23(19-32-18-21)34-40(36,37)24-9-6-8-22(31)17-24/h2-6,8-13,17,21,23,32,34H,7,14-16,18-20H2,1H3,(H,33,35)/t21-,23+/m0/s1. The summed E-state index contributed by atoms with van der Waals surface area (Å²) >= 11 is 6.00. The predicted molar refractivity (Wildman–Crippen MR) is 154 cm³/mol. The van der Waals surface area contributed by atoms with Gasteiger partial charge in [-0.1, -0.05) is 54.1 Å². The first-order valence-electron chi connectivity index (χ1n) is 13.4. The van der Waals surface area contributed by atoms with Gasteiger partial charge in [0.25, 0.3) is 0 Å². The summed E-state index contributed by atoms with van der Waals surface area (Å²) in [4.78, 5) is 13.7. The maximum Gasteiger partial charge on any atom is 0.240 e. The third-order valence-electron chi connectivity index (χ3n) is 7.69. The Morgan fingerprint density at radius 2 is 1.75 bits per heavy atom. The van der Waals surface area contributed by atoms with Crippen LogP contribution >= 0.6 is 11.6 Å². The highest BCUT2D eigenvalue weighted by molar-refractivity contribution is 7.89. The van der Waals surface area contributed by atoms with Gasteiger partial charge < -0.3 is 20.1 Å². The fraction of sp³-hybridized carbons (Fsp3) is 0.367. The molecular formula is C30H34ClN3O5S. The zero-order chi connectivity index (χ0) is 28.2. The van der Waals surface area contributed by atoms with E-state index in [9.17, 15) is 13.2 Å². The summed E-state index contributed by atoms with van der Waals surface area (Å²) in [6, 6.07) is 21.6. The number of piperidine rings is 1. The Hall–Kier alpha value is -2.95. The van der Waals surface area contributed by atoms with Crippen LogP contribution in [-0.2, 0) is 25.0 Å². The highest BCUT2D eigenvalue weighted by Gasteiger charge is 2.42. The number of ether oxygens (including phenoxy) is 2. The molecule has 2 aliphatic rings. The van der Waals surface area contributed by atoms with Crippen molar-refractivity contribution in [3.05, 3.63) is 88.9 Å². The Kier molecular flexibility index (Phi) is 8.77. The number of carbonyl (C=O) groups excluding carboxylic acids is 1. The zero-order valence-electron chi connectivity index (χ0n) is 22.4. The molecule has 3 N–H and O–H groups in total. The van der Waals surface area contributed by atoms with Crippen LogP contribution in [0, 0.1) is 5.92 Å². The zero-order valence-corrected chi connectivity index (χ0v) is 23.9. The molecule has 8 nitrogen and oxygen atoms in total. The molecule has 0 saturated carbocycles. The number of rotatable bonds is 10. The predicted octanol–water partition coefficient (Wildman–Crippen LogP) is 4.23. The average molecular weight is 584 g/mol. The third-order valence-corrected chi connectivity index (χ3v) is 9.44. The van der Waals surface area contributed by atoms with Gasteiger partial charge in [0.05, 0.1) is 10.8 Å². The fourth-order valence-electron chi connectivity index (χ4n) is 5.77. The smallest absolute Gasteiger partial charge is 0.240 e. The van der Waals surface area contributed by atoms with Crippen LogP contribution in [0.25, 0.3) is 0 Å². The summed E-state index contributed by atoms with van der Waals surface area (Å²) in [7, 11) is -2.09. The van der Waals surface area contributed by atoms with Gasteiger partial charge in [-0.05, 0) is 49.6 Å². The number of amides is 1. The van der Waals surface area contributed by atoms with Crippen LogP contribution in [0.15, 0.2) is 77.7 Å². The van der Waals surface area contributed by atoms with Crippen molar-refractivity contribution in [1.82, 2.24) is 15.4 Å². The normalized spacial score (nSPS) is 19.6. The number of para-hydroxylation sites is 2. The van der Waals surface area contributed by atoms with Crippen molar-refractivity contribution < 1.29 is 22.7 Å². The van der Waals surface area contributed by atoms with E-state index in [1.165, 1.54) is 12.1 Å². The van der Waals surface area contributed by atoms with E-state index < -0.39 is 27.4 Å². The van der Waals surface area contributed by atoms with Gasteiger partial charge in [0, 0.05) is 61.0 Å². The minimum atomic E-state index is -3.78. The Morgan fingerprint density at radius 1 is 1.05 bits per heavy atom. The van der Waals surface area contributed by atoms with Crippen LogP contribution in [0.4, 0.5) is 0 Å². The number of sulfonamides is 1. The molecule has 1 amide bonds. The number of methoxy groups -OCH3 is 1. The minimum Gasteiger partial charge on any atom is -0.457 e. The van der Waals surface area contributed by atoms with Crippen LogP contribution in [-0.4, -0.2) is 53.7 Å². The molecule has 2 atom stereocenters. The maximum absolute atomic E-state index is 13.6. The van der Waals surface area contributed by atoms with Gasteiger partial charge in [0.1, 0.15) is 11.5 Å². The fourth-order valence-corrected chi connectivity index (χ4v) is 7.32. The van der Waals surface area contributed by atoms with E-state index in [0.717, 1.165) is 35.5 Å². The molecule has 1 fully saturated rings. The average Bonchev–Trinajstić information content (AvgIpc) is 2.96. The van der Waals surface area contributed by atoms with E-state index in [2.05, 4.69) is 27.5 Å². The van der Waals surface area contributed by atoms with Crippen LogP contribution in [0.5, 0.6) is 11.5 Å². The lowest BCUT2D eigenvalue weighted by Crippen LogP contribution is -2.53. The van der Waals surface area contributed by atoms with Gasteiger partial charge in [0.15, 0.2) is 0 Å². The lowest BCUT2D eigenvalue weighted by Gasteiger charge is -2.41. The SMILES string of the molecule is COCCCC1(CNC(=O)[C@@H]2CNC[C@H](NS(=O)(=O)c3cccc(Cl)c3)C2)c2ccccc2Oc2ccccc21. The number of carbonyl (C=O) groups is 1. The molecule has 0 radical (unpaired) electrons. The molecule has 3 aromatic rings. The molecule has 0 aromatic heterocycles. The van der Waals surface area contributed by atoms with Gasteiger partial charge in [-0.2, -0.15) is 0 Å². The summed E-state index contributed by atoms with van der Waals surface area (Å²) < 4.78 is 40.2. The topological polar surface area (TPSA) is 106 Å². The van der Waals surface area contributed by atoms with Crippen LogP contribution < -0.4 is 20.1 Å². The largest absolute Gasteiger partial charge is 0.457 e. The third kappa shape index (κ3) is 6.04. The molecule has 3 aromatic carbocycles. The first-order chi connectivity index (χ1) is 19.3. The van der Waals surface area contributed by atoms with E-state index >= 15 is 0 Å². The van der Waals surface area contributed by atoms with Crippen molar-refractivity contribution in [3.63, 3.8) is 0 Å². The summed E-state index contributed by atoms with van der Waals surface area (Å²) in [6.45, 7) is 1.88. The van der Waals surface area contributed by atoms with Crippen molar-refractivity contribution >= 4 is 27.5 Å². The van der Waals surface area contributed by atoms with E-state index in [-0.39, 0.29) is 10.8 Å². The van der Waals surface area contributed by atoms with Crippen molar-refractivity contribution in [2.24, 2.45) is 5.92 Å². The monoisotopic (exact) mass is 583 g/mol. The highest BCUT2D eigenvalue weighted by Crippen LogP contribution is 2.50. The molecule has 212 valence electrons. The molecule has 40 heavy (non-hydrogen) atoms. The summed E-state index contributed by atoms with van der Waals surface area (Å²) in [5, 5.41) is 6.79. The minimum absolute atomic E-state index is 0.0985. The number of halogens is 1. The van der Waals surface area contributed by atoms with Gasteiger partial charge >= 0.3 is 0 Å². The Morgan fingerprint density at radius 3 is 2.42 bits per heavy atom. The van der Waals surface area contributed by atoms with E-state index in [1.807, 2.05) is 36.4 Å². The molecule has 10 heteroatoms. The summed E-state index contributed by atoms with van der Waals surface area (Å²) in [6.07, 6.45) is 1.93. The number of benzene rings is 3. The number of nitrogens with one attached hydrogen (secondary N) is 3. The second-order valence-electron chi connectivity index (χ2n) is 10.4. The van der Waals surface area contributed by atoms with Crippen LogP contribution in [0.3, 0.4) is 0 Å². The van der Waals surface area contributed by atoms with Gasteiger partial charge in [-0.3, -0.25) is 4.79 Å². The van der Waals surface area contributed by atoms with E-state index in [0.29, 0.717) is 37.7 Å². The van der Waals surface area contributed by atoms with Crippen molar-refractivity contribution in [2.45, 2.75) is 35.6 Å². The van der Waals surface area contributed by atoms with E-state index in [4.69, 9.17) is 21.1 Å². The molecule has 0 unspecified atom stereocenters. The first-order valence-corrected chi connectivity index (χ1v) is 15.3. The van der Waals surface area contributed by atoms with Gasteiger partial charge in [-0.25, -0.2) is 13.1 Å². The van der Waals surface area contributed by atoms with Crippen LogP contribution in [0.2, 0.25) is 5.02 Å². The summed E-state index contributed by atoms with van der Waals surface area (Å²) in [5.74, 6) is 1.04. The molecule has 5 rings (SSSR count).